The molecular formula is C17H28N6O. The number of guanidine groups is 2. The molecule has 0 saturated carbocycles. The van der Waals surface area contributed by atoms with Crippen molar-refractivity contribution >= 4 is 23.5 Å². The second-order valence-corrected chi connectivity index (χ2v) is 6.95. The van der Waals surface area contributed by atoms with Gasteiger partial charge < -0.3 is 21.7 Å². The second-order valence-electron chi connectivity index (χ2n) is 6.95. The number of nitrogens with zero attached hydrogens (tertiary/aromatic N) is 3. The molecule has 24 heavy (non-hydrogen) atoms. The maximum Gasteiger partial charge on any atom is 0.248 e. The van der Waals surface area contributed by atoms with Gasteiger partial charge in [0.05, 0.1) is 0 Å². The van der Waals surface area contributed by atoms with Gasteiger partial charge in [-0.25, -0.2) is 0 Å². The molecule has 0 aliphatic carbocycles. The molecule has 0 spiro atoms. The highest BCUT2D eigenvalue weighted by atomic mass is 16.1. The Morgan fingerprint density at radius 1 is 1.29 bits per heavy atom. The van der Waals surface area contributed by atoms with Crippen molar-refractivity contribution in [2.45, 2.75) is 27.7 Å². The Bertz CT molecular complexity index is 658. The van der Waals surface area contributed by atoms with Gasteiger partial charge in [0.1, 0.15) is 0 Å². The molecule has 0 unspecified atom stereocenters. The number of carbonyl (C=O) groups is 1. The van der Waals surface area contributed by atoms with Crippen molar-refractivity contribution in [3.05, 3.63) is 29.3 Å². The van der Waals surface area contributed by atoms with Crippen LogP contribution in [0.3, 0.4) is 0 Å². The minimum atomic E-state index is -0.485. The first-order valence-corrected chi connectivity index (χ1v) is 7.73. The molecule has 1 aromatic rings. The van der Waals surface area contributed by atoms with E-state index in [1.807, 2.05) is 24.9 Å². The molecule has 5 N–H and O–H groups in total. The fourth-order valence-corrected chi connectivity index (χ4v) is 2.15. The van der Waals surface area contributed by atoms with Crippen LogP contribution in [-0.2, 0) is 0 Å². The average Bonchev–Trinajstić information content (AvgIpc) is 2.46. The molecule has 0 aliphatic heterocycles. The Balaban J connectivity index is 2.98. The highest BCUT2D eigenvalue weighted by Gasteiger charge is 2.15. The summed E-state index contributed by atoms with van der Waals surface area (Å²) in [5.74, 6) is 0.237. The largest absolute Gasteiger partial charge is 0.369 e. The van der Waals surface area contributed by atoms with Crippen LogP contribution in [0.4, 0.5) is 5.69 Å². The van der Waals surface area contributed by atoms with Crippen molar-refractivity contribution in [3.8, 4) is 0 Å². The van der Waals surface area contributed by atoms with Crippen molar-refractivity contribution in [1.29, 1.82) is 0 Å². The van der Waals surface area contributed by atoms with Gasteiger partial charge in [0.25, 0.3) is 0 Å². The van der Waals surface area contributed by atoms with Crippen LogP contribution in [-0.4, -0.2) is 43.4 Å². The van der Waals surface area contributed by atoms with Gasteiger partial charge in [0, 0.05) is 31.9 Å². The van der Waals surface area contributed by atoms with Gasteiger partial charge in [-0.15, -0.1) is 0 Å². The van der Waals surface area contributed by atoms with E-state index in [-0.39, 0.29) is 5.41 Å². The number of primary amides is 1. The Labute approximate surface area is 143 Å². The molecule has 1 aromatic carbocycles. The summed E-state index contributed by atoms with van der Waals surface area (Å²) < 4.78 is 0. The number of aliphatic imine (C=N–C) groups is 2. The van der Waals surface area contributed by atoms with Gasteiger partial charge in [-0.1, -0.05) is 26.8 Å². The molecule has 1 rings (SSSR count). The average molecular weight is 332 g/mol. The molecule has 0 radical (unpaired) electrons. The van der Waals surface area contributed by atoms with Crippen molar-refractivity contribution in [2.24, 2.45) is 26.9 Å². The number of nitrogens with two attached hydrogens (primary N) is 2. The number of hydrogen-bond acceptors (Lipinski definition) is 2. The van der Waals surface area contributed by atoms with E-state index in [0.29, 0.717) is 23.2 Å². The van der Waals surface area contributed by atoms with Crippen LogP contribution in [0.15, 0.2) is 28.2 Å². The van der Waals surface area contributed by atoms with Gasteiger partial charge in [-0.2, -0.15) is 4.99 Å². The lowest BCUT2D eigenvalue weighted by Gasteiger charge is -2.27. The van der Waals surface area contributed by atoms with E-state index in [4.69, 9.17) is 11.5 Å². The summed E-state index contributed by atoms with van der Waals surface area (Å²) in [5.41, 5.74) is 13.5. The molecule has 7 nitrogen and oxygen atoms in total. The van der Waals surface area contributed by atoms with Gasteiger partial charge in [0.2, 0.25) is 11.9 Å². The number of benzene rings is 1. The van der Waals surface area contributed by atoms with Crippen LogP contribution >= 0.6 is 0 Å². The molecule has 1 amide bonds. The van der Waals surface area contributed by atoms with Crippen molar-refractivity contribution in [1.82, 2.24) is 4.90 Å². The summed E-state index contributed by atoms with van der Waals surface area (Å²) in [5, 5.41) is 3.09. The predicted octanol–water partition coefficient (Wildman–Crippen LogP) is 1.78. The summed E-state index contributed by atoms with van der Waals surface area (Å²) in [6.07, 6.45) is 0. The molecule has 0 saturated heterocycles. The van der Waals surface area contributed by atoms with Crippen LogP contribution in [0.25, 0.3) is 0 Å². The number of anilines is 1. The molecule has 132 valence electrons. The van der Waals surface area contributed by atoms with E-state index in [0.717, 1.165) is 12.1 Å². The SMILES string of the molecule is CN=C(/N=C(\N)N(C)CC(C)(C)C)Nc1cc(C(N)=O)ccc1C. The maximum absolute atomic E-state index is 11.3. The predicted molar refractivity (Wildman–Crippen MR) is 100 cm³/mol. The first-order chi connectivity index (χ1) is 11.0. The molecule has 0 aliphatic rings. The monoisotopic (exact) mass is 332 g/mol. The minimum Gasteiger partial charge on any atom is -0.369 e. The highest BCUT2D eigenvalue weighted by molar-refractivity contribution is 6.03. The van der Waals surface area contributed by atoms with Crippen molar-refractivity contribution in [3.63, 3.8) is 0 Å². The lowest BCUT2D eigenvalue weighted by Crippen LogP contribution is -2.40. The molecule has 0 heterocycles. The number of aryl methyl sites for hydroxylation is 1. The quantitative estimate of drug-likeness (QED) is 0.579. The first-order valence-electron chi connectivity index (χ1n) is 7.73. The fraction of sp³-hybridized carbons (Fsp3) is 0.471. The summed E-state index contributed by atoms with van der Waals surface area (Å²) >= 11 is 0. The van der Waals surface area contributed by atoms with Crippen LogP contribution in [0.1, 0.15) is 36.7 Å². The van der Waals surface area contributed by atoms with E-state index < -0.39 is 5.91 Å². The second kappa shape index (κ2) is 7.81. The summed E-state index contributed by atoms with van der Waals surface area (Å²) in [7, 11) is 3.51. The van der Waals surface area contributed by atoms with Crippen LogP contribution in [0.5, 0.6) is 0 Å². The van der Waals surface area contributed by atoms with Gasteiger partial charge in [-0.05, 0) is 30.0 Å². The third-order valence-corrected chi connectivity index (χ3v) is 3.30. The lowest BCUT2D eigenvalue weighted by molar-refractivity contribution is 0.100. The minimum absolute atomic E-state index is 0.0955. The number of nitrogens with one attached hydrogen (secondary N) is 1. The number of rotatable bonds is 3. The fourth-order valence-electron chi connectivity index (χ4n) is 2.15. The third-order valence-electron chi connectivity index (χ3n) is 3.30. The zero-order valence-corrected chi connectivity index (χ0v) is 15.3. The van der Waals surface area contributed by atoms with Crippen LogP contribution in [0.2, 0.25) is 0 Å². The molecule has 0 bridgehead atoms. The summed E-state index contributed by atoms with van der Waals surface area (Å²) in [4.78, 5) is 21.7. The van der Waals surface area contributed by atoms with Crippen molar-refractivity contribution < 1.29 is 4.79 Å². The van der Waals surface area contributed by atoms with E-state index >= 15 is 0 Å². The molecule has 0 fully saturated rings. The Hall–Kier alpha value is -2.57. The molecule has 7 heteroatoms. The van der Waals surface area contributed by atoms with Gasteiger partial charge >= 0.3 is 0 Å². The normalized spacial score (nSPS) is 12.9. The Morgan fingerprint density at radius 3 is 2.42 bits per heavy atom. The van der Waals surface area contributed by atoms with Gasteiger partial charge in [-0.3, -0.25) is 9.79 Å². The van der Waals surface area contributed by atoms with Gasteiger partial charge in [0.15, 0.2) is 5.96 Å². The third kappa shape index (κ3) is 5.91. The highest BCUT2D eigenvalue weighted by Crippen LogP contribution is 2.17. The zero-order valence-electron chi connectivity index (χ0n) is 15.3. The Morgan fingerprint density at radius 2 is 1.92 bits per heavy atom. The molecule has 0 atom stereocenters. The van der Waals surface area contributed by atoms with Crippen molar-refractivity contribution in [2.75, 3.05) is 26.0 Å². The number of hydrogen-bond donors (Lipinski definition) is 3. The molecule has 0 aromatic heterocycles. The van der Waals surface area contributed by atoms with Crippen LogP contribution in [0, 0.1) is 12.3 Å². The smallest absolute Gasteiger partial charge is 0.248 e. The summed E-state index contributed by atoms with van der Waals surface area (Å²) in [6.45, 7) is 9.06. The number of amides is 1. The number of carbonyl (C=O) groups excluding carboxylic acids is 1. The molecular weight excluding hydrogens is 304 g/mol. The van der Waals surface area contributed by atoms with E-state index in [9.17, 15) is 4.79 Å². The zero-order chi connectivity index (χ0) is 18.5. The topological polar surface area (TPSA) is 109 Å². The van der Waals surface area contributed by atoms with E-state index in [2.05, 4.69) is 36.1 Å². The lowest BCUT2D eigenvalue weighted by atomic mass is 9.96. The van der Waals surface area contributed by atoms with Crippen LogP contribution < -0.4 is 16.8 Å². The summed E-state index contributed by atoms with van der Waals surface area (Å²) in [6, 6.07) is 5.17. The maximum atomic E-state index is 11.3. The van der Waals surface area contributed by atoms with E-state index in [1.165, 1.54) is 0 Å². The Kier molecular flexibility index (Phi) is 6.34. The van der Waals surface area contributed by atoms with E-state index in [1.54, 1.807) is 19.2 Å². The first kappa shape index (κ1) is 19.5. The standard InChI is InChI=1S/C17H28N6O/c1-11-7-8-12(14(18)24)9-13(11)21-16(20-5)22-15(19)23(6)10-17(2,3)4/h7-9H,10H2,1-6H3,(H2,18,24)(H3,19,20,21,22).